The number of hydrogen-bond acceptors (Lipinski definition) is 5. The molecule has 2 heterocycles. The standard InChI is InChI=1S/C20H25F3N6O/c1-19(2)12-14(13-6-4-5-7-15(13)30-19)28-17(24-3)26-10-11-27-18-25-9-8-16(29-18)20(21,22)23/h4-9,14H,10-12H2,1-3H3,(H2,24,26,28)(H,25,27,29). The highest BCUT2D eigenvalue weighted by atomic mass is 19.4. The SMILES string of the molecule is CN=C(NCCNc1nccc(C(F)(F)F)n1)NC1CC(C)(C)Oc2ccccc21. The van der Waals surface area contributed by atoms with E-state index in [0.29, 0.717) is 19.0 Å². The third kappa shape index (κ3) is 5.52. The zero-order chi connectivity index (χ0) is 21.8. The number of benzene rings is 1. The molecule has 0 bridgehead atoms. The molecule has 0 amide bonds. The van der Waals surface area contributed by atoms with Crippen LogP contribution in [0.5, 0.6) is 5.75 Å². The average molecular weight is 422 g/mol. The first kappa shape index (κ1) is 21.7. The molecule has 30 heavy (non-hydrogen) atoms. The number of anilines is 1. The van der Waals surface area contributed by atoms with E-state index >= 15 is 0 Å². The quantitative estimate of drug-likeness (QED) is 0.389. The lowest BCUT2D eigenvalue weighted by Gasteiger charge is -2.38. The summed E-state index contributed by atoms with van der Waals surface area (Å²) < 4.78 is 44.2. The largest absolute Gasteiger partial charge is 0.487 e. The van der Waals surface area contributed by atoms with Gasteiger partial charge in [-0.1, -0.05) is 18.2 Å². The van der Waals surface area contributed by atoms with E-state index in [4.69, 9.17) is 4.74 Å². The smallest absolute Gasteiger partial charge is 0.433 e. The molecule has 162 valence electrons. The first-order valence-corrected chi connectivity index (χ1v) is 9.57. The lowest BCUT2D eigenvalue weighted by molar-refractivity contribution is -0.141. The van der Waals surface area contributed by atoms with Crippen molar-refractivity contribution in [1.29, 1.82) is 0 Å². The molecule has 0 spiro atoms. The van der Waals surface area contributed by atoms with Gasteiger partial charge in [-0.3, -0.25) is 4.99 Å². The number of nitrogens with one attached hydrogen (secondary N) is 3. The number of fused-ring (bicyclic) bond motifs is 1. The van der Waals surface area contributed by atoms with Crippen LogP contribution in [0.25, 0.3) is 0 Å². The molecule has 0 radical (unpaired) electrons. The van der Waals surface area contributed by atoms with Crippen molar-refractivity contribution in [3.05, 3.63) is 47.8 Å². The summed E-state index contributed by atoms with van der Waals surface area (Å²) in [6.45, 7) is 4.80. The topological polar surface area (TPSA) is 83.5 Å². The second kappa shape index (κ2) is 8.76. The molecule has 0 saturated heterocycles. The number of hydrogen-bond donors (Lipinski definition) is 3. The van der Waals surface area contributed by atoms with E-state index in [0.717, 1.165) is 30.0 Å². The zero-order valence-corrected chi connectivity index (χ0v) is 17.0. The van der Waals surface area contributed by atoms with Gasteiger partial charge in [0.25, 0.3) is 0 Å². The van der Waals surface area contributed by atoms with Crippen LogP contribution in [0.3, 0.4) is 0 Å². The van der Waals surface area contributed by atoms with E-state index < -0.39 is 11.9 Å². The van der Waals surface area contributed by atoms with Crippen LogP contribution in [0.4, 0.5) is 19.1 Å². The summed E-state index contributed by atoms with van der Waals surface area (Å²) >= 11 is 0. The molecule has 0 fully saturated rings. The summed E-state index contributed by atoms with van der Waals surface area (Å²) in [5, 5.41) is 9.33. The fourth-order valence-corrected chi connectivity index (χ4v) is 3.25. The molecule has 2 aromatic rings. The molecular weight excluding hydrogens is 397 g/mol. The molecule has 7 nitrogen and oxygen atoms in total. The Kier molecular flexibility index (Phi) is 6.33. The van der Waals surface area contributed by atoms with Gasteiger partial charge in [-0.05, 0) is 26.0 Å². The van der Waals surface area contributed by atoms with Gasteiger partial charge in [0.2, 0.25) is 5.95 Å². The van der Waals surface area contributed by atoms with Gasteiger partial charge in [0.1, 0.15) is 17.0 Å². The third-order valence-electron chi connectivity index (χ3n) is 4.56. The summed E-state index contributed by atoms with van der Waals surface area (Å²) in [6.07, 6.45) is -2.67. The number of nitrogens with zero attached hydrogens (tertiary/aromatic N) is 3. The molecule has 3 rings (SSSR count). The fraction of sp³-hybridized carbons (Fsp3) is 0.450. The Morgan fingerprint density at radius 3 is 2.73 bits per heavy atom. The third-order valence-corrected chi connectivity index (χ3v) is 4.56. The minimum absolute atomic E-state index is 0.0101. The fourth-order valence-electron chi connectivity index (χ4n) is 3.25. The zero-order valence-electron chi connectivity index (χ0n) is 17.0. The Labute approximate surface area is 173 Å². The summed E-state index contributed by atoms with van der Waals surface area (Å²) in [6, 6.07) is 8.71. The van der Waals surface area contributed by atoms with Gasteiger partial charge >= 0.3 is 6.18 Å². The second-order valence-corrected chi connectivity index (χ2v) is 7.49. The predicted octanol–water partition coefficient (Wildman–Crippen LogP) is 3.37. The van der Waals surface area contributed by atoms with Crippen LogP contribution >= 0.6 is 0 Å². The maximum absolute atomic E-state index is 12.7. The molecule has 0 saturated carbocycles. The van der Waals surface area contributed by atoms with E-state index in [1.165, 1.54) is 0 Å². The lowest BCUT2D eigenvalue weighted by atomic mass is 9.90. The molecule has 1 atom stereocenters. The van der Waals surface area contributed by atoms with Gasteiger partial charge < -0.3 is 20.7 Å². The van der Waals surface area contributed by atoms with E-state index in [-0.39, 0.29) is 17.6 Å². The Balaban J connectivity index is 1.55. The Morgan fingerprint density at radius 2 is 2.00 bits per heavy atom. The highest BCUT2D eigenvalue weighted by molar-refractivity contribution is 5.80. The van der Waals surface area contributed by atoms with Gasteiger partial charge in [0.15, 0.2) is 5.96 Å². The summed E-state index contributed by atoms with van der Waals surface area (Å²) in [5.74, 6) is 1.35. The number of rotatable bonds is 5. The maximum Gasteiger partial charge on any atom is 0.433 e. The Hall–Kier alpha value is -3.04. The van der Waals surface area contributed by atoms with Crippen molar-refractivity contribution in [2.75, 3.05) is 25.5 Å². The molecule has 1 aromatic heterocycles. The molecule has 1 unspecified atom stereocenters. The van der Waals surface area contributed by atoms with Crippen LogP contribution in [-0.4, -0.2) is 41.7 Å². The van der Waals surface area contributed by atoms with E-state index in [1.54, 1.807) is 7.05 Å². The number of halogens is 3. The minimum atomic E-state index is -4.50. The Morgan fingerprint density at radius 1 is 1.23 bits per heavy atom. The molecule has 1 aromatic carbocycles. The van der Waals surface area contributed by atoms with Gasteiger partial charge in [-0.15, -0.1) is 0 Å². The Bertz CT molecular complexity index is 900. The van der Waals surface area contributed by atoms with Crippen LogP contribution < -0.4 is 20.7 Å². The number of aliphatic imine (C=N–C) groups is 1. The van der Waals surface area contributed by atoms with Crippen LogP contribution in [-0.2, 0) is 6.18 Å². The molecular formula is C20H25F3N6O. The number of aromatic nitrogens is 2. The average Bonchev–Trinajstić information content (AvgIpc) is 2.69. The van der Waals surface area contributed by atoms with E-state index in [9.17, 15) is 13.2 Å². The van der Waals surface area contributed by atoms with Gasteiger partial charge in [-0.25, -0.2) is 9.97 Å². The normalized spacial score (nSPS) is 18.2. The van der Waals surface area contributed by atoms with Crippen LogP contribution in [0.2, 0.25) is 0 Å². The maximum atomic E-state index is 12.7. The van der Waals surface area contributed by atoms with Crippen molar-refractivity contribution in [3.8, 4) is 5.75 Å². The van der Waals surface area contributed by atoms with Crippen molar-refractivity contribution < 1.29 is 17.9 Å². The van der Waals surface area contributed by atoms with E-state index in [1.807, 2.05) is 38.1 Å². The second-order valence-electron chi connectivity index (χ2n) is 7.49. The molecule has 1 aliphatic rings. The summed E-state index contributed by atoms with van der Waals surface area (Å²) in [5.41, 5.74) is -0.255. The van der Waals surface area contributed by atoms with Gasteiger partial charge in [-0.2, -0.15) is 13.2 Å². The molecule has 3 N–H and O–H groups in total. The van der Waals surface area contributed by atoms with Crippen LogP contribution in [0.15, 0.2) is 41.5 Å². The molecule has 1 aliphatic heterocycles. The molecule has 10 heteroatoms. The van der Waals surface area contributed by atoms with Crippen molar-refractivity contribution in [1.82, 2.24) is 20.6 Å². The summed E-state index contributed by atoms with van der Waals surface area (Å²) in [7, 11) is 1.66. The highest BCUT2D eigenvalue weighted by Gasteiger charge is 2.34. The van der Waals surface area contributed by atoms with Gasteiger partial charge in [0.05, 0.1) is 6.04 Å². The van der Waals surface area contributed by atoms with Crippen LogP contribution in [0.1, 0.15) is 37.6 Å². The van der Waals surface area contributed by atoms with Crippen molar-refractivity contribution in [2.24, 2.45) is 4.99 Å². The lowest BCUT2D eigenvalue weighted by Crippen LogP contribution is -2.46. The highest BCUT2D eigenvalue weighted by Crippen LogP contribution is 2.39. The number of ether oxygens (including phenoxy) is 1. The first-order chi connectivity index (χ1) is 14.2. The number of alkyl halides is 3. The number of guanidine groups is 1. The minimum Gasteiger partial charge on any atom is -0.487 e. The van der Waals surface area contributed by atoms with Crippen molar-refractivity contribution in [3.63, 3.8) is 0 Å². The predicted molar refractivity (Wildman–Crippen MR) is 109 cm³/mol. The van der Waals surface area contributed by atoms with Crippen molar-refractivity contribution in [2.45, 2.75) is 38.1 Å². The first-order valence-electron chi connectivity index (χ1n) is 9.57. The number of para-hydroxylation sites is 1. The van der Waals surface area contributed by atoms with Crippen molar-refractivity contribution >= 4 is 11.9 Å². The monoisotopic (exact) mass is 422 g/mol. The van der Waals surface area contributed by atoms with Crippen LogP contribution in [0, 0.1) is 0 Å². The summed E-state index contributed by atoms with van der Waals surface area (Å²) in [4.78, 5) is 11.5. The molecule has 0 aliphatic carbocycles. The van der Waals surface area contributed by atoms with Gasteiger partial charge in [0, 0.05) is 38.3 Å². The van der Waals surface area contributed by atoms with E-state index in [2.05, 4.69) is 30.9 Å².